The summed E-state index contributed by atoms with van der Waals surface area (Å²) in [6.07, 6.45) is 2.65. The highest BCUT2D eigenvalue weighted by Gasteiger charge is 2.32. The number of thiazole rings is 1. The predicted molar refractivity (Wildman–Crippen MR) is 114 cm³/mol. The van der Waals surface area contributed by atoms with Crippen LogP contribution in [0.25, 0.3) is 0 Å². The van der Waals surface area contributed by atoms with Gasteiger partial charge in [0.05, 0.1) is 27.8 Å². The van der Waals surface area contributed by atoms with Crippen LogP contribution in [0, 0.1) is 0 Å². The highest BCUT2D eigenvalue weighted by molar-refractivity contribution is 7.09. The Balaban J connectivity index is 1.69. The van der Waals surface area contributed by atoms with Gasteiger partial charge in [-0.25, -0.2) is 4.98 Å². The van der Waals surface area contributed by atoms with Crippen molar-refractivity contribution in [2.45, 2.75) is 51.5 Å². The maximum absolute atomic E-state index is 12.9. The molecule has 0 aliphatic carbocycles. The number of halogens is 2. The fraction of sp³-hybridized carbons (Fsp3) is 0.450. The van der Waals surface area contributed by atoms with Crippen LogP contribution in [0.15, 0.2) is 23.6 Å². The Kier molecular flexibility index (Phi) is 6.96. The molecule has 150 valence electrons. The largest absolute Gasteiger partial charge is 0.330 e. The molecule has 5 nitrogen and oxygen atoms in total. The van der Waals surface area contributed by atoms with Crippen molar-refractivity contribution < 1.29 is 9.59 Å². The zero-order chi connectivity index (χ0) is 20.3. The number of rotatable bonds is 5. The molecule has 0 spiro atoms. The molecular weight excluding hydrogens is 417 g/mol. The van der Waals surface area contributed by atoms with E-state index in [1.54, 1.807) is 34.4 Å². The van der Waals surface area contributed by atoms with Crippen LogP contribution in [0.1, 0.15) is 49.7 Å². The van der Waals surface area contributed by atoms with Crippen molar-refractivity contribution >= 4 is 52.0 Å². The molecule has 3 rings (SSSR count). The molecule has 2 amide bonds. The van der Waals surface area contributed by atoms with Crippen molar-refractivity contribution in [1.29, 1.82) is 0 Å². The van der Waals surface area contributed by atoms with Gasteiger partial charge in [0.25, 0.3) is 0 Å². The first-order valence-corrected chi connectivity index (χ1v) is 11.0. The molecule has 1 atom stereocenters. The van der Waals surface area contributed by atoms with Gasteiger partial charge in [-0.3, -0.25) is 9.59 Å². The van der Waals surface area contributed by atoms with Gasteiger partial charge in [0.15, 0.2) is 0 Å². The van der Waals surface area contributed by atoms with E-state index >= 15 is 0 Å². The third-order valence-electron chi connectivity index (χ3n) is 4.71. The van der Waals surface area contributed by atoms with E-state index in [2.05, 4.69) is 24.1 Å². The van der Waals surface area contributed by atoms with Gasteiger partial charge < -0.3 is 10.2 Å². The summed E-state index contributed by atoms with van der Waals surface area (Å²) in [5.41, 5.74) is 1.26. The van der Waals surface area contributed by atoms with E-state index in [-0.39, 0.29) is 18.2 Å². The Bertz CT molecular complexity index is 869. The molecule has 1 unspecified atom stereocenters. The average molecular weight is 440 g/mol. The molecule has 1 saturated heterocycles. The fourth-order valence-corrected chi connectivity index (χ4v) is 4.53. The normalized spacial score (nSPS) is 17.0. The lowest BCUT2D eigenvalue weighted by Crippen LogP contribution is -2.50. The summed E-state index contributed by atoms with van der Waals surface area (Å²) < 4.78 is 0. The first-order valence-electron chi connectivity index (χ1n) is 9.35. The van der Waals surface area contributed by atoms with Gasteiger partial charge in [-0.05, 0) is 37.5 Å². The molecule has 2 heterocycles. The third kappa shape index (κ3) is 5.04. The summed E-state index contributed by atoms with van der Waals surface area (Å²) in [7, 11) is 0. The molecule has 0 saturated carbocycles. The predicted octanol–water partition coefficient (Wildman–Crippen LogP) is 5.14. The second-order valence-electron chi connectivity index (χ2n) is 7.22. The molecule has 2 aromatic rings. The molecule has 1 aromatic carbocycles. The summed E-state index contributed by atoms with van der Waals surface area (Å²) in [5, 5.41) is 6.66. The van der Waals surface area contributed by atoms with Crippen LogP contribution < -0.4 is 5.32 Å². The Morgan fingerprint density at radius 2 is 2.11 bits per heavy atom. The van der Waals surface area contributed by atoms with Crippen molar-refractivity contribution in [2.75, 3.05) is 11.9 Å². The Hall–Kier alpha value is -1.63. The minimum atomic E-state index is -0.504. The molecule has 0 bridgehead atoms. The van der Waals surface area contributed by atoms with Gasteiger partial charge in [0.1, 0.15) is 6.04 Å². The van der Waals surface area contributed by atoms with Gasteiger partial charge >= 0.3 is 0 Å². The molecule has 1 N–H and O–H groups in total. The molecule has 1 aliphatic heterocycles. The second-order valence-corrected chi connectivity index (χ2v) is 8.95. The van der Waals surface area contributed by atoms with Crippen LogP contribution in [0.4, 0.5) is 5.69 Å². The number of likely N-dealkylation sites (tertiary alicyclic amines) is 1. The van der Waals surface area contributed by atoms with Crippen molar-refractivity contribution in [3.05, 3.63) is 44.3 Å². The number of aromatic nitrogens is 1. The first-order chi connectivity index (χ1) is 13.3. The first kappa shape index (κ1) is 21.1. The number of carbonyl (C=O) groups is 2. The Labute approximate surface area is 179 Å². The molecule has 8 heteroatoms. The van der Waals surface area contributed by atoms with Crippen molar-refractivity contribution in [1.82, 2.24) is 9.88 Å². The monoisotopic (exact) mass is 439 g/mol. The number of carbonyl (C=O) groups excluding carboxylic acids is 2. The maximum Gasteiger partial charge on any atom is 0.247 e. The van der Waals surface area contributed by atoms with E-state index in [4.69, 9.17) is 23.2 Å². The summed E-state index contributed by atoms with van der Waals surface area (Å²) in [6, 6.07) is 4.41. The number of anilines is 1. The Morgan fingerprint density at radius 3 is 2.79 bits per heavy atom. The minimum Gasteiger partial charge on any atom is -0.330 e. The van der Waals surface area contributed by atoms with Crippen LogP contribution in [0.5, 0.6) is 0 Å². The number of piperidine rings is 1. The number of nitrogens with one attached hydrogen (secondary N) is 1. The maximum atomic E-state index is 12.9. The van der Waals surface area contributed by atoms with Crippen molar-refractivity contribution in [3.8, 4) is 0 Å². The standard InChI is InChI=1S/C20H23Cl2N3O2S/c1-12(2)20-23-14(11-28-20)10-18(26)25-8-4-3-5-17(25)19(27)24-16-7-6-13(21)9-15(16)22/h6-7,9,11-12,17H,3-5,8,10H2,1-2H3,(H,24,27). The third-order valence-corrected chi connectivity index (χ3v) is 6.45. The smallest absolute Gasteiger partial charge is 0.247 e. The quantitative estimate of drug-likeness (QED) is 0.701. The summed E-state index contributed by atoms with van der Waals surface area (Å²) in [6.45, 7) is 4.74. The van der Waals surface area contributed by atoms with E-state index < -0.39 is 6.04 Å². The number of benzene rings is 1. The van der Waals surface area contributed by atoms with Crippen LogP contribution >= 0.6 is 34.5 Å². The van der Waals surface area contributed by atoms with E-state index in [0.717, 1.165) is 23.5 Å². The Morgan fingerprint density at radius 1 is 1.32 bits per heavy atom. The van der Waals surface area contributed by atoms with E-state index in [1.165, 1.54) is 0 Å². The van der Waals surface area contributed by atoms with E-state index in [9.17, 15) is 9.59 Å². The second kappa shape index (κ2) is 9.25. The number of hydrogen-bond acceptors (Lipinski definition) is 4. The molecular formula is C20H23Cl2N3O2S. The van der Waals surface area contributed by atoms with Crippen molar-refractivity contribution in [3.63, 3.8) is 0 Å². The average Bonchev–Trinajstić information content (AvgIpc) is 3.12. The van der Waals surface area contributed by atoms with Gasteiger partial charge in [-0.2, -0.15) is 0 Å². The minimum absolute atomic E-state index is 0.0670. The zero-order valence-electron chi connectivity index (χ0n) is 15.9. The molecule has 1 fully saturated rings. The van der Waals surface area contributed by atoms with E-state index in [1.807, 2.05) is 5.38 Å². The van der Waals surface area contributed by atoms with Crippen molar-refractivity contribution in [2.24, 2.45) is 0 Å². The number of amides is 2. The molecule has 1 aromatic heterocycles. The van der Waals surface area contributed by atoms with Gasteiger partial charge in [0.2, 0.25) is 11.8 Å². The van der Waals surface area contributed by atoms with Gasteiger partial charge in [-0.1, -0.05) is 37.0 Å². The highest BCUT2D eigenvalue weighted by Crippen LogP contribution is 2.27. The SMILES string of the molecule is CC(C)c1nc(CC(=O)N2CCCCC2C(=O)Nc2ccc(Cl)cc2Cl)cs1. The number of hydrogen-bond donors (Lipinski definition) is 1. The zero-order valence-corrected chi connectivity index (χ0v) is 18.2. The van der Waals surface area contributed by atoms with Crippen LogP contribution in [0.3, 0.4) is 0 Å². The summed E-state index contributed by atoms with van der Waals surface area (Å²) >= 11 is 13.6. The lowest BCUT2D eigenvalue weighted by molar-refractivity contribution is -0.139. The van der Waals surface area contributed by atoms with Gasteiger partial charge in [0, 0.05) is 22.9 Å². The van der Waals surface area contributed by atoms with Crippen LogP contribution in [-0.2, 0) is 16.0 Å². The van der Waals surface area contributed by atoms with Crippen LogP contribution in [-0.4, -0.2) is 34.3 Å². The van der Waals surface area contributed by atoms with Crippen LogP contribution in [0.2, 0.25) is 10.0 Å². The number of nitrogens with zero attached hydrogens (tertiary/aromatic N) is 2. The van der Waals surface area contributed by atoms with Gasteiger partial charge in [-0.15, -0.1) is 11.3 Å². The topological polar surface area (TPSA) is 62.3 Å². The highest BCUT2D eigenvalue weighted by atomic mass is 35.5. The summed E-state index contributed by atoms with van der Waals surface area (Å²) in [4.78, 5) is 32.0. The summed E-state index contributed by atoms with van der Waals surface area (Å²) in [5.74, 6) is 0.0487. The molecule has 28 heavy (non-hydrogen) atoms. The lowest BCUT2D eigenvalue weighted by Gasteiger charge is -2.34. The molecule has 1 aliphatic rings. The fourth-order valence-electron chi connectivity index (χ4n) is 3.24. The molecule has 0 radical (unpaired) electrons. The van der Waals surface area contributed by atoms with E-state index in [0.29, 0.717) is 34.6 Å². The lowest BCUT2D eigenvalue weighted by atomic mass is 10.0.